The Balaban J connectivity index is 2.92. The standard InChI is InChI=1S/C13H26N2O6SSi/c1-5-6-11-21-23(19-3,20-4)15-10-9-14-13(15)8-7-12(2)22(16,17)18/h9-10,12H,5-8,11H2,1-4H3,(H,16,17,18)/p+1. The van der Waals surface area contributed by atoms with Gasteiger partial charge in [-0.15, -0.1) is 0 Å². The van der Waals surface area contributed by atoms with Gasteiger partial charge in [0.1, 0.15) is 12.4 Å². The normalized spacial score (nSPS) is 14.1. The van der Waals surface area contributed by atoms with Crippen LogP contribution in [0.3, 0.4) is 0 Å². The first-order valence-electron chi connectivity index (χ1n) is 7.59. The second-order valence-electron chi connectivity index (χ2n) is 5.28. The van der Waals surface area contributed by atoms with Crippen molar-refractivity contribution in [3.63, 3.8) is 0 Å². The lowest BCUT2D eigenvalue weighted by Crippen LogP contribution is -2.70. The van der Waals surface area contributed by atoms with E-state index in [0.717, 1.165) is 18.7 Å². The predicted octanol–water partition coefficient (Wildman–Crippen LogP) is 0.904. The fraction of sp³-hybridized carbons (Fsp3) is 0.769. The minimum Gasteiger partial charge on any atom is -0.341 e. The van der Waals surface area contributed by atoms with Gasteiger partial charge in [-0.05, 0) is 19.8 Å². The molecule has 1 atom stereocenters. The Morgan fingerprint density at radius 1 is 1.39 bits per heavy atom. The molecule has 0 radical (unpaired) electrons. The van der Waals surface area contributed by atoms with E-state index in [-0.39, 0.29) is 6.42 Å². The quantitative estimate of drug-likeness (QED) is 0.342. The molecule has 23 heavy (non-hydrogen) atoms. The second-order valence-corrected chi connectivity index (χ2v) is 9.74. The topological polar surface area (TPSA) is 102 Å². The van der Waals surface area contributed by atoms with Gasteiger partial charge in [0.15, 0.2) is 0 Å². The number of aromatic nitrogens is 2. The van der Waals surface area contributed by atoms with E-state index in [1.807, 2.05) is 0 Å². The van der Waals surface area contributed by atoms with E-state index in [2.05, 4.69) is 11.9 Å². The number of nitrogens with one attached hydrogen (secondary N) is 1. The van der Waals surface area contributed by atoms with Gasteiger partial charge in [0, 0.05) is 27.2 Å². The highest BCUT2D eigenvalue weighted by molar-refractivity contribution is 7.86. The third-order valence-corrected chi connectivity index (χ3v) is 7.52. The highest BCUT2D eigenvalue weighted by atomic mass is 32.2. The minimum atomic E-state index is -4.04. The van der Waals surface area contributed by atoms with Crippen LogP contribution in [-0.4, -0.2) is 53.0 Å². The largest absolute Gasteiger partial charge is 0.756 e. The van der Waals surface area contributed by atoms with Crippen molar-refractivity contribution in [2.75, 3.05) is 20.8 Å². The van der Waals surface area contributed by atoms with E-state index >= 15 is 0 Å². The number of unbranched alkanes of at least 4 members (excludes halogenated alkanes) is 1. The van der Waals surface area contributed by atoms with Crippen molar-refractivity contribution >= 4 is 19.1 Å². The summed E-state index contributed by atoms with van der Waals surface area (Å²) in [5.74, 6) is 0.729. The Morgan fingerprint density at radius 3 is 2.57 bits per heavy atom. The molecule has 0 fully saturated rings. The third-order valence-electron chi connectivity index (χ3n) is 3.65. The number of imidazole rings is 1. The molecule has 134 valence electrons. The smallest absolute Gasteiger partial charge is 0.341 e. The monoisotopic (exact) mass is 367 g/mol. The number of aryl methyl sites for hydroxylation is 1. The summed E-state index contributed by atoms with van der Waals surface area (Å²) in [6, 6.07) is 0. The zero-order valence-electron chi connectivity index (χ0n) is 14.1. The van der Waals surface area contributed by atoms with Gasteiger partial charge in [0.2, 0.25) is 5.82 Å². The van der Waals surface area contributed by atoms with Crippen LogP contribution in [-0.2, 0) is 29.8 Å². The maximum atomic E-state index is 11.1. The molecule has 0 saturated carbocycles. The molecule has 0 aliphatic heterocycles. The van der Waals surface area contributed by atoms with Crippen LogP contribution in [0.5, 0.6) is 0 Å². The van der Waals surface area contributed by atoms with Crippen molar-refractivity contribution in [1.82, 2.24) is 4.98 Å². The summed E-state index contributed by atoms with van der Waals surface area (Å²) >= 11 is 0. The summed E-state index contributed by atoms with van der Waals surface area (Å²) in [6.07, 6.45) is 6.05. The Morgan fingerprint density at radius 2 is 2.04 bits per heavy atom. The minimum absolute atomic E-state index is 0.270. The van der Waals surface area contributed by atoms with Gasteiger partial charge in [-0.25, -0.2) is 9.22 Å². The Labute approximate surface area is 139 Å². The van der Waals surface area contributed by atoms with Crippen molar-refractivity contribution in [2.24, 2.45) is 0 Å². The first-order valence-corrected chi connectivity index (χ1v) is 10.8. The van der Waals surface area contributed by atoms with E-state index in [4.69, 9.17) is 17.8 Å². The molecular formula is C13H27N2O6SSi+. The molecule has 0 aliphatic carbocycles. The fourth-order valence-electron chi connectivity index (χ4n) is 2.12. The van der Waals surface area contributed by atoms with Gasteiger partial charge in [0.05, 0.1) is 5.25 Å². The van der Waals surface area contributed by atoms with Crippen molar-refractivity contribution in [3.05, 3.63) is 18.2 Å². The summed E-state index contributed by atoms with van der Waals surface area (Å²) in [7, 11) is -4.06. The van der Waals surface area contributed by atoms with Gasteiger partial charge in [0.25, 0.3) is 10.1 Å². The number of rotatable bonds is 11. The maximum Gasteiger partial charge on any atom is 0.756 e. The van der Waals surface area contributed by atoms with Crippen molar-refractivity contribution in [3.8, 4) is 0 Å². The van der Waals surface area contributed by atoms with E-state index in [9.17, 15) is 8.42 Å². The Kier molecular flexibility index (Phi) is 7.84. The molecule has 8 nitrogen and oxygen atoms in total. The third kappa shape index (κ3) is 5.36. The molecule has 0 aliphatic rings. The van der Waals surface area contributed by atoms with Crippen LogP contribution in [0.1, 0.15) is 38.9 Å². The molecule has 1 rings (SSSR count). The predicted molar refractivity (Wildman–Crippen MR) is 86.3 cm³/mol. The van der Waals surface area contributed by atoms with Crippen LogP contribution in [0.25, 0.3) is 0 Å². The summed E-state index contributed by atoms with van der Waals surface area (Å²) in [5.41, 5.74) is 0. The first kappa shape index (κ1) is 20.3. The van der Waals surface area contributed by atoms with Crippen LogP contribution in [0, 0.1) is 0 Å². The lowest BCUT2D eigenvalue weighted by Gasteiger charge is -2.22. The molecule has 1 aromatic heterocycles. The highest BCUT2D eigenvalue weighted by Crippen LogP contribution is 2.10. The number of aromatic amines is 1. The number of H-pyrrole nitrogens is 1. The van der Waals surface area contributed by atoms with Gasteiger partial charge in [-0.2, -0.15) is 8.42 Å². The number of hydrogen-bond acceptors (Lipinski definition) is 5. The fourth-order valence-corrected chi connectivity index (χ4v) is 4.64. The van der Waals surface area contributed by atoms with E-state index < -0.39 is 24.3 Å². The molecule has 1 heterocycles. The van der Waals surface area contributed by atoms with Crippen LogP contribution >= 0.6 is 0 Å². The molecule has 0 bridgehead atoms. The molecule has 0 aromatic carbocycles. The van der Waals surface area contributed by atoms with Crippen molar-refractivity contribution < 1.29 is 30.5 Å². The molecule has 0 amide bonds. The highest BCUT2D eigenvalue weighted by Gasteiger charge is 2.52. The molecule has 0 spiro atoms. The molecule has 1 aromatic rings. The summed E-state index contributed by atoms with van der Waals surface area (Å²) < 4.78 is 50.1. The van der Waals surface area contributed by atoms with E-state index in [0.29, 0.717) is 13.0 Å². The second kappa shape index (κ2) is 8.90. The Hall–Kier alpha value is -0.783. The Bertz CT molecular complexity index is 573. The van der Waals surface area contributed by atoms with E-state index in [1.165, 1.54) is 21.1 Å². The molecule has 10 heteroatoms. The van der Waals surface area contributed by atoms with Crippen molar-refractivity contribution in [1.29, 1.82) is 0 Å². The lowest BCUT2D eigenvalue weighted by atomic mass is 10.2. The SMILES string of the molecule is CCCCO[Si](OC)(OC)[n+]1cc[nH]c1CCC(C)S(=O)(=O)O. The summed E-state index contributed by atoms with van der Waals surface area (Å²) in [5, 5.41) is -0.846. The summed E-state index contributed by atoms with van der Waals surface area (Å²) in [4.78, 5) is 3.06. The van der Waals surface area contributed by atoms with E-state index in [1.54, 1.807) is 16.6 Å². The van der Waals surface area contributed by atoms with Crippen LogP contribution in [0.4, 0.5) is 0 Å². The van der Waals surface area contributed by atoms with Gasteiger partial charge in [-0.3, -0.25) is 4.55 Å². The average Bonchev–Trinajstić information content (AvgIpc) is 2.98. The average molecular weight is 368 g/mol. The first-order chi connectivity index (χ1) is 10.8. The van der Waals surface area contributed by atoms with Gasteiger partial charge < -0.3 is 13.3 Å². The molecule has 0 saturated heterocycles. The van der Waals surface area contributed by atoms with Crippen LogP contribution in [0.2, 0.25) is 0 Å². The number of hydrogen-bond donors (Lipinski definition) is 2. The summed E-state index contributed by atoms with van der Waals surface area (Å²) in [6.45, 7) is 4.05. The molecular weight excluding hydrogens is 340 g/mol. The lowest BCUT2D eigenvalue weighted by molar-refractivity contribution is -0.601. The maximum absolute atomic E-state index is 11.1. The number of nitrogens with zero attached hydrogens (tertiary/aromatic N) is 1. The zero-order chi connectivity index (χ0) is 17.5. The molecule has 1 unspecified atom stereocenters. The van der Waals surface area contributed by atoms with Crippen LogP contribution < -0.4 is 4.23 Å². The van der Waals surface area contributed by atoms with Gasteiger partial charge in [-0.1, -0.05) is 13.3 Å². The van der Waals surface area contributed by atoms with Crippen LogP contribution in [0.15, 0.2) is 12.4 Å². The van der Waals surface area contributed by atoms with Gasteiger partial charge >= 0.3 is 8.97 Å². The van der Waals surface area contributed by atoms with Crippen molar-refractivity contribution in [2.45, 2.75) is 44.8 Å². The molecule has 2 N–H and O–H groups in total. The zero-order valence-corrected chi connectivity index (χ0v) is 15.9.